The number of carbonyl (C=O) groups excluding carboxylic acids is 1. The first-order valence-corrected chi connectivity index (χ1v) is 12.7. The molecule has 1 heterocycles. The molecule has 0 aliphatic heterocycles. The Balaban J connectivity index is 2.35. The van der Waals surface area contributed by atoms with Crippen LogP contribution in [-0.4, -0.2) is 38.8 Å². The van der Waals surface area contributed by atoms with Crippen LogP contribution >= 0.6 is 0 Å². The van der Waals surface area contributed by atoms with Crippen LogP contribution in [-0.2, 0) is 17.2 Å². The van der Waals surface area contributed by atoms with Crippen molar-refractivity contribution in [3.05, 3.63) is 52.8 Å². The van der Waals surface area contributed by atoms with E-state index in [0.717, 1.165) is 61.3 Å². The zero-order chi connectivity index (χ0) is 22.8. The largest absolute Gasteiger partial charge is 0.317 e. The van der Waals surface area contributed by atoms with Crippen molar-refractivity contribution < 1.29 is 9.00 Å². The molecule has 6 heteroatoms. The number of aryl methyl sites for hydroxylation is 1. The first kappa shape index (κ1) is 24.7. The number of nitrogens with zero attached hydrogens (tertiary/aromatic N) is 3. The molecule has 1 atom stereocenters. The summed E-state index contributed by atoms with van der Waals surface area (Å²) in [4.78, 5) is 17.6. The molecule has 0 radical (unpaired) electrons. The highest BCUT2D eigenvalue weighted by atomic mass is 32.2. The summed E-state index contributed by atoms with van der Waals surface area (Å²) in [5, 5.41) is 9.10. The quantitative estimate of drug-likeness (QED) is 0.259. The smallest absolute Gasteiger partial charge is 0.186 e. The molecular formula is C25H33N3O2S. The van der Waals surface area contributed by atoms with E-state index in [2.05, 4.69) is 29.5 Å². The molecule has 1 aromatic carbocycles. The molecule has 5 nitrogen and oxygen atoms in total. The molecule has 166 valence electrons. The van der Waals surface area contributed by atoms with Crippen molar-refractivity contribution in [2.75, 3.05) is 18.6 Å². The van der Waals surface area contributed by atoms with Crippen molar-refractivity contribution in [3.8, 4) is 11.8 Å². The summed E-state index contributed by atoms with van der Waals surface area (Å²) in [7, 11) is -0.792. The lowest BCUT2D eigenvalue weighted by atomic mass is 10.1. The van der Waals surface area contributed by atoms with Crippen molar-refractivity contribution in [1.29, 1.82) is 5.26 Å². The highest BCUT2D eigenvalue weighted by Crippen LogP contribution is 2.24. The monoisotopic (exact) mass is 439 g/mol. The first-order valence-electron chi connectivity index (χ1n) is 11.0. The molecule has 0 saturated heterocycles. The van der Waals surface area contributed by atoms with Crippen LogP contribution in [0.25, 0.3) is 5.69 Å². The van der Waals surface area contributed by atoms with Gasteiger partial charge in [-0.2, -0.15) is 5.26 Å². The van der Waals surface area contributed by atoms with Gasteiger partial charge in [0.1, 0.15) is 6.54 Å². The number of aromatic nitrogens is 1. The Morgan fingerprint density at radius 1 is 1.19 bits per heavy atom. The van der Waals surface area contributed by atoms with Gasteiger partial charge in [-0.05, 0) is 69.4 Å². The summed E-state index contributed by atoms with van der Waals surface area (Å²) >= 11 is 0. The highest BCUT2D eigenvalue weighted by molar-refractivity contribution is 7.84. The minimum atomic E-state index is -0.792. The molecule has 0 spiro atoms. The van der Waals surface area contributed by atoms with Crippen LogP contribution in [0.1, 0.15) is 73.3 Å². The Morgan fingerprint density at radius 2 is 1.90 bits per heavy atom. The van der Waals surface area contributed by atoms with Gasteiger partial charge in [0.2, 0.25) is 0 Å². The molecule has 1 aromatic heterocycles. The molecule has 0 N–H and O–H groups in total. The summed E-state index contributed by atoms with van der Waals surface area (Å²) in [6.45, 7) is 6.34. The standard InChI is InChI=1S/C25H33N3O2S/c1-5-9-21(6-2)27-18-25(29)24-16-23(10-7-8-15-31(4)30)28(19(24)3)22-13-11-20(17-26)12-14-22/h11-14,16H,5-10,15,18H2,1-4H3. The minimum absolute atomic E-state index is 0.0304. The van der Waals surface area contributed by atoms with Crippen molar-refractivity contribution in [1.82, 2.24) is 4.57 Å². The van der Waals surface area contributed by atoms with Gasteiger partial charge in [-0.25, -0.2) is 0 Å². The second-order valence-corrected chi connectivity index (χ2v) is 9.33. The van der Waals surface area contributed by atoms with Gasteiger partial charge in [0.25, 0.3) is 0 Å². The van der Waals surface area contributed by atoms with E-state index >= 15 is 0 Å². The van der Waals surface area contributed by atoms with Gasteiger partial charge in [-0.15, -0.1) is 0 Å². The lowest BCUT2D eigenvalue weighted by Crippen LogP contribution is -2.08. The number of carbonyl (C=O) groups is 1. The zero-order valence-electron chi connectivity index (χ0n) is 19.1. The van der Waals surface area contributed by atoms with Crippen LogP contribution in [0.3, 0.4) is 0 Å². The van der Waals surface area contributed by atoms with Crippen LogP contribution < -0.4 is 0 Å². The highest BCUT2D eigenvalue weighted by Gasteiger charge is 2.18. The number of rotatable bonds is 12. The molecule has 1 unspecified atom stereocenters. The number of unbranched alkanes of at least 4 members (excludes halogenated alkanes) is 1. The van der Waals surface area contributed by atoms with E-state index in [0.29, 0.717) is 16.9 Å². The second kappa shape index (κ2) is 12.4. The Bertz CT molecular complexity index is 981. The van der Waals surface area contributed by atoms with E-state index in [1.165, 1.54) is 0 Å². The molecule has 31 heavy (non-hydrogen) atoms. The molecule has 0 amide bonds. The number of ketones is 1. The van der Waals surface area contributed by atoms with Crippen molar-refractivity contribution in [2.24, 2.45) is 4.99 Å². The minimum Gasteiger partial charge on any atom is -0.317 e. The van der Waals surface area contributed by atoms with E-state index in [-0.39, 0.29) is 12.3 Å². The Labute approximate surface area is 188 Å². The molecule has 0 aliphatic carbocycles. The average Bonchev–Trinajstić information content (AvgIpc) is 3.10. The molecule has 0 fully saturated rings. The Morgan fingerprint density at radius 3 is 2.48 bits per heavy atom. The normalized spacial score (nSPS) is 12.5. The summed E-state index contributed by atoms with van der Waals surface area (Å²) in [5.41, 5.74) is 5.29. The lowest BCUT2D eigenvalue weighted by Gasteiger charge is -2.12. The van der Waals surface area contributed by atoms with Gasteiger partial charge in [0.05, 0.1) is 11.6 Å². The van der Waals surface area contributed by atoms with Gasteiger partial charge in [0, 0.05) is 51.2 Å². The molecule has 0 bridgehead atoms. The second-order valence-electron chi connectivity index (χ2n) is 7.77. The molecule has 2 rings (SSSR count). The molecule has 0 saturated carbocycles. The fourth-order valence-corrected chi connectivity index (χ4v) is 4.33. The fourth-order valence-electron chi connectivity index (χ4n) is 3.72. The van der Waals surface area contributed by atoms with Crippen LogP contribution in [0.15, 0.2) is 35.3 Å². The average molecular weight is 440 g/mol. The first-order chi connectivity index (χ1) is 14.9. The summed E-state index contributed by atoms with van der Waals surface area (Å²) in [5.74, 6) is 0.719. The maximum absolute atomic E-state index is 13.0. The van der Waals surface area contributed by atoms with E-state index < -0.39 is 10.8 Å². The van der Waals surface area contributed by atoms with Gasteiger partial charge >= 0.3 is 0 Å². The number of aliphatic imine (C=N–C) groups is 1. The number of hydrogen-bond donors (Lipinski definition) is 0. The van der Waals surface area contributed by atoms with Gasteiger partial charge in [0.15, 0.2) is 5.78 Å². The van der Waals surface area contributed by atoms with Crippen LogP contribution in [0.5, 0.6) is 0 Å². The maximum atomic E-state index is 13.0. The van der Waals surface area contributed by atoms with Crippen LogP contribution in [0.2, 0.25) is 0 Å². The number of benzene rings is 1. The Hall–Kier alpha value is -2.52. The van der Waals surface area contributed by atoms with E-state index in [1.807, 2.05) is 25.1 Å². The molecule has 2 aromatic rings. The van der Waals surface area contributed by atoms with E-state index in [9.17, 15) is 9.00 Å². The van der Waals surface area contributed by atoms with Crippen LogP contribution in [0.4, 0.5) is 0 Å². The van der Waals surface area contributed by atoms with Gasteiger partial charge < -0.3 is 4.57 Å². The van der Waals surface area contributed by atoms with Gasteiger partial charge in [-0.3, -0.25) is 14.0 Å². The summed E-state index contributed by atoms with van der Waals surface area (Å²) in [6, 6.07) is 11.6. The molecule has 0 aliphatic rings. The van der Waals surface area contributed by atoms with Crippen molar-refractivity contribution in [2.45, 2.75) is 59.3 Å². The summed E-state index contributed by atoms with van der Waals surface area (Å²) in [6.07, 6.45) is 7.14. The SMILES string of the molecule is CCCC(CC)=NCC(=O)c1cc(CCCCS(C)=O)n(-c2ccc(C#N)cc2)c1C. The summed E-state index contributed by atoms with van der Waals surface area (Å²) < 4.78 is 13.5. The Kier molecular flexibility index (Phi) is 9.87. The van der Waals surface area contributed by atoms with Crippen molar-refractivity contribution >= 4 is 22.3 Å². The lowest BCUT2D eigenvalue weighted by molar-refractivity contribution is 0.100. The van der Waals surface area contributed by atoms with E-state index in [1.54, 1.807) is 18.4 Å². The zero-order valence-corrected chi connectivity index (χ0v) is 19.9. The fraction of sp³-hybridized carbons (Fsp3) is 0.480. The van der Waals surface area contributed by atoms with Gasteiger partial charge in [-0.1, -0.05) is 20.3 Å². The van der Waals surface area contributed by atoms with Crippen molar-refractivity contribution in [3.63, 3.8) is 0 Å². The third kappa shape index (κ3) is 7.00. The van der Waals surface area contributed by atoms with E-state index in [4.69, 9.17) is 5.26 Å². The number of hydrogen-bond acceptors (Lipinski definition) is 4. The predicted molar refractivity (Wildman–Crippen MR) is 129 cm³/mol. The van der Waals surface area contributed by atoms with Crippen LogP contribution in [0, 0.1) is 18.3 Å². The third-order valence-electron chi connectivity index (χ3n) is 5.39. The third-order valence-corrected chi connectivity index (χ3v) is 6.25. The molecular weight excluding hydrogens is 406 g/mol. The topological polar surface area (TPSA) is 75.2 Å². The predicted octanol–water partition coefficient (Wildman–Crippen LogP) is 5.19. The maximum Gasteiger partial charge on any atom is 0.186 e. The number of Topliss-reactive ketones (excluding diaryl/α,β-unsaturated/α-hetero) is 1. The number of nitriles is 1.